The summed E-state index contributed by atoms with van der Waals surface area (Å²) in [4.78, 5) is 12.1. The Kier molecular flexibility index (Phi) is 4.93. The first-order chi connectivity index (χ1) is 9.91. The summed E-state index contributed by atoms with van der Waals surface area (Å²) in [6, 6.07) is 7.23. The molecule has 2 N–H and O–H groups in total. The lowest BCUT2D eigenvalue weighted by Crippen LogP contribution is -2.24. The van der Waals surface area contributed by atoms with E-state index in [-0.39, 0.29) is 27.2 Å². The van der Waals surface area contributed by atoms with Gasteiger partial charge in [-0.1, -0.05) is 53.0 Å². The second kappa shape index (κ2) is 6.52. The molecule has 2 aromatic carbocycles. The van der Waals surface area contributed by atoms with Crippen molar-refractivity contribution in [2.45, 2.75) is 6.54 Å². The molecule has 2 aromatic rings. The molecule has 21 heavy (non-hydrogen) atoms. The summed E-state index contributed by atoms with van der Waals surface area (Å²) in [7, 11) is 0. The third-order valence-corrected chi connectivity index (χ3v) is 3.85. The van der Waals surface area contributed by atoms with Crippen molar-refractivity contribution in [3.63, 3.8) is 0 Å². The van der Waals surface area contributed by atoms with Gasteiger partial charge in [-0.2, -0.15) is 0 Å². The Morgan fingerprint density at radius 3 is 2.52 bits per heavy atom. The molecule has 0 spiro atoms. The molecule has 0 aliphatic heterocycles. The molecule has 0 heterocycles. The van der Waals surface area contributed by atoms with Crippen LogP contribution >= 0.6 is 34.8 Å². The summed E-state index contributed by atoms with van der Waals surface area (Å²) in [6.45, 7) is -0.0641. The van der Waals surface area contributed by atoms with Crippen molar-refractivity contribution in [2.75, 3.05) is 0 Å². The fourth-order valence-electron chi connectivity index (χ4n) is 1.70. The molecule has 0 bridgehead atoms. The van der Waals surface area contributed by atoms with E-state index in [0.29, 0.717) is 5.56 Å². The van der Waals surface area contributed by atoms with E-state index < -0.39 is 17.5 Å². The largest absolute Gasteiger partial charge is 0.505 e. The minimum atomic E-state index is -0.704. The van der Waals surface area contributed by atoms with Gasteiger partial charge in [0.2, 0.25) is 0 Å². The molecule has 7 heteroatoms. The Hall–Kier alpha value is -1.49. The van der Waals surface area contributed by atoms with Crippen LogP contribution in [0.5, 0.6) is 5.75 Å². The maximum Gasteiger partial charge on any atom is 0.256 e. The van der Waals surface area contributed by atoms with Gasteiger partial charge in [0.15, 0.2) is 0 Å². The second-order valence-corrected chi connectivity index (χ2v) is 5.34. The lowest BCUT2D eigenvalue weighted by molar-refractivity contribution is 0.0948. The number of amides is 1. The Morgan fingerprint density at radius 1 is 1.19 bits per heavy atom. The molecular formula is C14H9Cl3FNO2. The Bertz CT molecular complexity index is 681. The average molecular weight is 349 g/mol. The monoisotopic (exact) mass is 347 g/mol. The topological polar surface area (TPSA) is 49.3 Å². The summed E-state index contributed by atoms with van der Waals surface area (Å²) >= 11 is 17.4. The summed E-state index contributed by atoms with van der Waals surface area (Å²) in [6.07, 6.45) is 0. The third-order valence-electron chi connectivity index (χ3n) is 2.77. The fourth-order valence-corrected chi connectivity index (χ4v) is 2.39. The molecule has 0 radical (unpaired) electrons. The number of phenols is 1. The molecular weight excluding hydrogens is 340 g/mol. The molecule has 0 saturated carbocycles. The summed E-state index contributed by atoms with van der Waals surface area (Å²) < 4.78 is 13.5. The minimum Gasteiger partial charge on any atom is -0.505 e. The van der Waals surface area contributed by atoms with Crippen LogP contribution in [0, 0.1) is 5.82 Å². The van der Waals surface area contributed by atoms with E-state index in [4.69, 9.17) is 34.8 Å². The Balaban J connectivity index is 2.24. The van der Waals surface area contributed by atoms with Crippen LogP contribution in [0.4, 0.5) is 4.39 Å². The molecule has 0 atom stereocenters. The first-order valence-corrected chi connectivity index (χ1v) is 6.93. The van der Waals surface area contributed by atoms with Gasteiger partial charge in [0.1, 0.15) is 17.1 Å². The fraction of sp³-hybridized carbons (Fsp3) is 0.0714. The molecule has 2 rings (SSSR count). The van der Waals surface area contributed by atoms with Crippen molar-refractivity contribution in [1.29, 1.82) is 0 Å². The first kappa shape index (κ1) is 15.9. The van der Waals surface area contributed by atoms with Crippen LogP contribution in [0.25, 0.3) is 0 Å². The quantitative estimate of drug-likeness (QED) is 0.807. The molecule has 0 unspecified atom stereocenters. The smallest absolute Gasteiger partial charge is 0.256 e. The SMILES string of the molecule is O=C(NCc1ccccc1F)c1c(O)c(Cl)cc(Cl)c1Cl. The van der Waals surface area contributed by atoms with Crippen molar-refractivity contribution >= 4 is 40.7 Å². The van der Waals surface area contributed by atoms with Gasteiger partial charge in [-0.15, -0.1) is 0 Å². The van der Waals surface area contributed by atoms with Crippen LogP contribution in [-0.4, -0.2) is 11.0 Å². The number of aromatic hydroxyl groups is 1. The zero-order valence-corrected chi connectivity index (χ0v) is 12.7. The van der Waals surface area contributed by atoms with Crippen LogP contribution in [0.15, 0.2) is 30.3 Å². The highest BCUT2D eigenvalue weighted by Crippen LogP contribution is 2.38. The number of rotatable bonds is 3. The van der Waals surface area contributed by atoms with Crippen molar-refractivity contribution in [3.8, 4) is 5.75 Å². The standard InChI is InChI=1S/C14H9Cl3FNO2/c15-8-5-9(16)13(20)11(12(8)17)14(21)19-6-7-3-1-2-4-10(7)18/h1-5,20H,6H2,(H,19,21). The van der Waals surface area contributed by atoms with E-state index >= 15 is 0 Å². The van der Waals surface area contributed by atoms with E-state index in [2.05, 4.69) is 5.32 Å². The van der Waals surface area contributed by atoms with Gasteiger partial charge in [-0.05, 0) is 12.1 Å². The predicted molar refractivity (Wildman–Crippen MR) is 80.7 cm³/mol. The number of carbonyl (C=O) groups excluding carboxylic acids is 1. The van der Waals surface area contributed by atoms with Gasteiger partial charge in [0.05, 0.1) is 15.1 Å². The molecule has 0 aliphatic rings. The van der Waals surface area contributed by atoms with Crippen LogP contribution in [0.2, 0.25) is 15.1 Å². The van der Waals surface area contributed by atoms with E-state index in [1.54, 1.807) is 12.1 Å². The van der Waals surface area contributed by atoms with Crippen molar-refractivity contribution in [3.05, 3.63) is 62.3 Å². The molecule has 3 nitrogen and oxygen atoms in total. The molecule has 1 amide bonds. The first-order valence-electron chi connectivity index (χ1n) is 5.80. The van der Waals surface area contributed by atoms with Gasteiger partial charge in [-0.3, -0.25) is 4.79 Å². The van der Waals surface area contributed by atoms with Crippen LogP contribution < -0.4 is 5.32 Å². The molecule has 0 aromatic heterocycles. The highest BCUT2D eigenvalue weighted by atomic mass is 35.5. The number of carbonyl (C=O) groups is 1. The number of hydrogen-bond acceptors (Lipinski definition) is 2. The molecule has 110 valence electrons. The second-order valence-electron chi connectivity index (χ2n) is 4.15. The number of nitrogens with one attached hydrogen (secondary N) is 1. The van der Waals surface area contributed by atoms with Crippen molar-refractivity contribution < 1.29 is 14.3 Å². The summed E-state index contributed by atoms with van der Waals surface area (Å²) in [5, 5.41) is 12.1. The van der Waals surface area contributed by atoms with E-state index in [0.717, 1.165) is 0 Å². The van der Waals surface area contributed by atoms with Gasteiger partial charge in [0, 0.05) is 12.1 Å². The maximum absolute atomic E-state index is 13.5. The maximum atomic E-state index is 13.5. The highest BCUT2D eigenvalue weighted by Gasteiger charge is 2.21. The number of benzene rings is 2. The minimum absolute atomic E-state index is 0.0375. The number of halogens is 4. The lowest BCUT2D eigenvalue weighted by atomic mass is 10.1. The van der Waals surface area contributed by atoms with Crippen molar-refractivity contribution in [2.24, 2.45) is 0 Å². The van der Waals surface area contributed by atoms with Gasteiger partial charge >= 0.3 is 0 Å². The van der Waals surface area contributed by atoms with Crippen molar-refractivity contribution in [1.82, 2.24) is 5.32 Å². The van der Waals surface area contributed by atoms with Gasteiger partial charge in [0.25, 0.3) is 5.91 Å². The van der Waals surface area contributed by atoms with Gasteiger partial charge in [-0.25, -0.2) is 4.39 Å². The predicted octanol–water partition coefficient (Wildman–Crippen LogP) is 4.42. The zero-order valence-electron chi connectivity index (χ0n) is 10.5. The highest BCUT2D eigenvalue weighted by molar-refractivity contribution is 6.45. The van der Waals surface area contributed by atoms with Crippen LogP contribution in [0.1, 0.15) is 15.9 Å². The Labute approximate surface area is 135 Å². The lowest BCUT2D eigenvalue weighted by Gasteiger charge is -2.11. The number of phenolic OH excluding ortho intramolecular Hbond substituents is 1. The average Bonchev–Trinajstić information content (AvgIpc) is 2.44. The Morgan fingerprint density at radius 2 is 1.86 bits per heavy atom. The van der Waals surface area contributed by atoms with Crippen LogP contribution in [-0.2, 0) is 6.54 Å². The van der Waals surface area contributed by atoms with Crippen LogP contribution in [0.3, 0.4) is 0 Å². The summed E-state index contributed by atoms with van der Waals surface area (Å²) in [5.41, 5.74) is 0.0556. The third kappa shape index (κ3) is 3.40. The van der Waals surface area contributed by atoms with E-state index in [1.807, 2.05) is 0 Å². The molecule has 0 saturated heterocycles. The molecule has 0 fully saturated rings. The van der Waals surface area contributed by atoms with E-state index in [9.17, 15) is 14.3 Å². The van der Waals surface area contributed by atoms with E-state index in [1.165, 1.54) is 18.2 Å². The normalized spacial score (nSPS) is 10.5. The molecule has 0 aliphatic carbocycles. The zero-order chi connectivity index (χ0) is 15.6. The number of hydrogen-bond donors (Lipinski definition) is 2. The summed E-state index contributed by atoms with van der Waals surface area (Å²) in [5.74, 6) is -1.63. The van der Waals surface area contributed by atoms with Gasteiger partial charge < -0.3 is 10.4 Å².